The molecule has 0 heterocycles. The van der Waals surface area contributed by atoms with Crippen LogP contribution >= 0.6 is 0 Å². The summed E-state index contributed by atoms with van der Waals surface area (Å²) >= 11 is 0. The van der Waals surface area contributed by atoms with Crippen molar-refractivity contribution in [2.45, 2.75) is 30.6 Å². The van der Waals surface area contributed by atoms with Crippen LogP contribution in [0.1, 0.15) is 24.0 Å². The first-order valence-corrected chi connectivity index (χ1v) is 11.0. The number of ether oxygens (including phenoxy) is 1. The van der Waals surface area contributed by atoms with E-state index in [2.05, 4.69) is 16.7 Å². The minimum atomic E-state index is -3.70. The van der Waals surface area contributed by atoms with E-state index in [1.807, 2.05) is 12.1 Å². The molecule has 7 nitrogen and oxygen atoms in total. The van der Waals surface area contributed by atoms with Crippen molar-refractivity contribution in [2.75, 3.05) is 38.4 Å². The number of hydrogen-bond donors (Lipinski definition) is 2. The summed E-state index contributed by atoms with van der Waals surface area (Å²) in [7, 11) is 0.605. The van der Waals surface area contributed by atoms with Gasteiger partial charge in [-0.1, -0.05) is 12.1 Å². The minimum absolute atomic E-state index is 0.00730. The van der Waals surface area contributed by atoms with Crippen molar-refractivity contribution >= 4 is 27.3 Å². The summed E-state index contributed by atoms with van der Waals surface area (Å²) < 4.78 is 31.3. The predicted molar refractivity (Wildman–Crippen MR) is 114 cm³/mol. The molecule has 0 unspecified atom stereocenters. The minimum Gasteiger partial charge on any atom is -0.495 e. The number of carbonyl (C=O) groups is 1. The van der Waals surface area contributed by atoms with Crippen molar-refractivity contribution < 1.29 is 17.9 Å². The Balaban J connectivity index is 1.72. The first-order valence-electron chi connectivity index (χ1n) is 9.58. The molecule has 0 atom stereocenters. The Bertz CT molecular complexity index is 1000. The molecule has 0 aromatic heterocycles. The van der Waals surface area contributed by atoms with Gasteiger partial charge in [0.1, 0.15) is 10.6 Å². The normalized spacial score (nSPS) is 13.7. The number of methoxy groups -OCH3 is 1. The van der Waals surface area contributed by atoms with Crippen LogP contribution in [0.4, 0.5) is 11.4 Å². The van der Waals surface area contributed by atoms with Gasteiger partial charge in [-0.25, -0.2) is 12.7 Å². The van der Waals surface area contributed by atoms with Crippen LogP contribution in [0.5, 0.6) is 5.75 Å². The molecule has 1 aliphatic carbocycles. The van der Waals surface area contributed by atoms with Crippen LogP contribution in [-0.2, 0) is 27.7 Å². The van der Waals surface area contributed by atoms with Crippen LogP contribution in [0, 0.1) is 0 Å². The Morgan fingerprint density at radius 1 is 1.14 bits per heavy atom. The lowest BCUT2D eigenvalue weighted by molar-refractivity contribution is -0.114. The van der Waals surface area contributed by atoms with Gasteiger partial charge in [0, 0.05) is 25.5 Å². The quantitative estimate of drug-likeness (QED) is 0.723. The Labute approximate surface area is 172 Å². The van der Waals surface area contributed by atoms with E-state index >= 15 is 0 Å². The smallest absolute Gasteiger partial charge is 0.246 e. The first-order chi connectivity index (χ1) is 13.8. The van der Waals surface area contributed by atoms with Crippen molar-refractivity contribution in [1.82, 2.24) is 4.31 Å². The van der Waals surface area contributed by atoms with Crippen molar-refractivity contribution in [3.8, 4) is 5.75 Å². The monoisotopic (exact) mass is 417 g/mol. The highest BCUT2D eigenvalue weighted by molar-refractivity contribution is 7.89. The molecule has 0 bridgehead atoms. The van der Waals surface area contributed by atoms with E-state index in [1.165, 1.54) is 50.9 Å². The Morgan fingerprint density at radius 2 is 1.90 bits per heavy atom. The fraction of sp³-hybridized carbons (Fsp3) is 0.381. The number of fused-ring (bicyclic) bond motifs is 1. The summed E-state index contributed by atoms with van der Waals surface area (Å²) in [5.41, 5.74) is 4.02. The van der Waals surface area contributed by atoms with Gasteiger partial charge < -0.3 is 15.4 Å². The van der Waals surface area contributed by atoms with Crippen molar-refractivity contribution in [2.24, 2.45) is 0 Å². The topological polar surface area (TPSA) is 87.7 Å². The second-order valence-corrected chi connectivity index (χ2v) is 9.33. The van der Waals surface area contributed by atoms with Gasteiger partial charge in [-0.15, -0.1) is 0 Å². The number of anilines is 2. The Hall–Kier alpha value is -2.58. The van der Waals surface area contributed by atoms with Gasteiger partial charge in [-0.05, 0) is 61.1 Å². The van der Waals surface area contributed by atoms with E-state index in [-0.39, 0.29) is 23.1 Å². The number of rotatable bonds is 7. The van der Waals surface area contributed by atoms with Crippen LogP contribution in [0.25, 0.3) is 0 Å². The van der Waals surface area contributed by atoms with Crippen LogP contribution in [0.2, 0.25) is 0 Å². The van der Waals surface area contributed by atoms with Crippen molar-refractivity contribution in [3.05, 3.63) is 47.5 Å². The number of carbonyl (C=O) groups excluding carboxylic acids is 1. The molecule has 8 heteroatoms. The molecule has 0 aliphatic heterocycles. The number of benzene rings is 2. The van der Waals surface area contributed by atoms with Gasteiger partial charge in [-0.3, -0.25) is 4.79 Å². The molecule has 0 saturated carbocycles. The molecule has 29 heavy (non-hydrogen) atoms. The Kier molecular flexibility index (Phi) is 6.44. The summed E-state index contributed by atoms with van der Waals surface area (Å²) in [6.07, 6.45) is 4.45. The maximum absolute atomic E-state index is 12.5. The fourth-order valence-electron chi connectivity index (χ4n) is 3.48. The molecule has 0 radical (unpaired) electrons. The lowest BCUT2D eigenvalue weighted by Gasteiger charge is -2.20. The zero-order valence-electron chi connectivity index (χ0n) is 17.0. The van der Waals surface area contributed by atoms with E-state index in [0.717, 1.165) is 29.3 Å². The molecule has 2 aromatic rings. The molecule has 3 rings (SSSR count). The van der Waals surface area contributed by atoms with E-state index in [9.17, 15) is 13.2 Å². The zero-order valence-corrected chi connectivity index (χ0v) is 17.8. The van der Waals surface area contributed by atoms with Gasteiger partial charge in [0.05, 0.1) is 13.7 Å². The SMILES string of the molecule is COc1ccc(NC(=O)CNc2cccc3c2CCCC3)cc1S(=O)(=O)N(C)C. The third-order valence-electron chi connectivity index (χ3n) is 5.04. The van der Waals surface area contributed by atoms with E-state index in [0.29, 0.717) is 5.69 Å². The fourth-order valence-corrected chi connectivity index (χ4v) is 4.56. The number of hydrogen-bond acceptors (Lipinski definition) is 5. The molecule has 1 amide bonds. The summed E-state index contributed by atoms with van der Waals surface area (Å²) in [4.78, 5) is 12.4. The first kappa shape index (κ1) is 21.1. The maximum Gasteiger partial charge on any atom is 0.246 e. The molecule has 156 valence electrons. The third kappa shape index (κ3) is 4.71. The number of sulfonamides is 1. The third-order valence-corrected chi connectivity index (χ3v) is 6.88. The molecule has 0 spiro atoms. The molecule has 2 N–H and O–H groups in total. The highest BCUT2D eigenvalue weighted by Crippen LogP contribution is 2.29. The standard InChI is InChI=1S/C21H27N3O4S/c1-24(2)29(26,27)20-13-16(11-12-19(20)28-3)23-21(25)14-22-18-10-6-8-15-7-4-5-9-17(15)18/h6,8,10-13,22H,4-5,7,9,14H2,1-3H3,(H,23,25). The van der Waals surface area contributed by atoms with Gasteiger partial charge in [0.2, 0.25) is 15.9 Å². The number of nitrogens with one attached hydrogen (secondary N) is 2. The van der Waals surface area contributed by atoms with E-state index in [1.54, 1.807) is 6.07 Å². The lowest BCUT2D eigenvalue weighted by Crippen LogP contribution is -2.24. The average Bonchev–Trinajstić information content (AvgIpc) is 2.72. The van der Waals surface area contributed by atoms with Crippen LogP contribution in [0.3, 0.4) is 0 Å². The van der Waals surface area contributed by atoms with Crippen LogP contribution in [0.15, 0.2) is 41.3 Å². The summed E-state index contributed by atoms with van der Waals surface area (Å²) in [6.45, 7) is 0.0955. The van der Waals surface area contributed by atoms with Crippen molar-refractivity contribution in [1.29, 1.82) is 0 Å². The average molecular weight is 418 g/mol. The predicted octanol–water partition coefficient (Wildman–Crippen LogP) is 2.87. The van der Waals surface area contributed by atoms with Gasteiger partial charge in [-0.2, -0.15) is 0 Å². The van der Waals surface area contributed by atoms with Crippen molar-refractivity contribution in [3.63, 3.8) is 0 Å². The molecular weight excluding hydrogens is 390 g/mol. The second-order valence-electron chi connectivity index (χ2n) is 7.21. The Morgan fingerprint density at radius 3 is 2.62 bits per heavy atom. The number of nitrogens with zero attached hydrogens (tertiary/aromatic N) is 1. The number of aryl methyl sites for hydroxylation is 1. The van der Waals surface area contributed by atoms with Gasteiger partial charge >= 0.3 is 0 Å². The molecule has 0 saturated heterocycles. The summed E-state index contributed by atoms with van der Waals surface area (Å²) in [5.74, 6) is -0.0254. The second kappa shape index (κ2) is 8.84. The highest BCUT2D eigenvalue weighted by Gasteiger charge is 2.23. The highest BCUT2D eigenvalue weighted by atomic mass is 32.2. The van der Waals surface area contributed by atoms with Crippen LogP contribution in [-0.4, -0.2) is 46.4 Å². The summed E-state index contributed by atoms with van der Waals surface area (Å²) in [6, 6.07) is 10.7. The van der Waals surface area contributed by atoms with E-state index in [4.69, 9.17) is 4.74 Å². The largest absolute Gasteiger partial charge is 0.495 e. The van der Waals surface area contributed by atoms with Gasteiger partial charge in [0.15, 0.2) is 0 Å². The zero-order chi connectivity index (χ0) is 21.0. The van der Waals surface area contributed by atoms with E-state index < -0.39 is 10.0 Å². The maximum atomic E-state index is 12.5. The van der Waals surface area contributed by atoms with Crippen LogP contribution < -0.4 is 15.4 Å². The summed E-state index contributed by atoms with van der Waals surface area (Å²) in [5, 5.41) is 5.97. The molecule has 0 fully saturated rings. The number of amides is 1. The molecule has 2 aromatic carbocycles. The van der Waals surface area contributed by atoms with Gasteiger partial charge in [0.25, 0.3) is 0 Å². The lowest BCUT2D eigenvalue weighted by atomic mass is 9.90. The molecule has 1 aliphatic rings. The molecular formula is C21H27N3O4S.